The lowest BCUT2D eigenvalue weighted by Gasteiger charge is -2.21. The molecule has 9 nitrogen and oxygen atoms in total. The van der Waals surface area contributed by atoms with Gasteiger partial charge in [-0.1, -0.05) is 6.08 Å². The van der Waals surface area contributed by atoms with Crippen molar-refractivity contribution in [2.45, 2.75) is 84.3 Å². The Labute approximate surface area is 207 Å². The van der Waals surface area contributed by atoms with Crippen molar-refractivity contribution in [3.05, 3.63) is 35.7 Å². The van der Waals surface area contributed by atoms with Crippen LogP contribution in [-0.4, -0.2) is 57.9 Å². The fourth-order valence-corrected chi connectivity index (χ4v) is 4.25. The van der Waals surface area contributed by atoms with Crippen LogP contribution in [0.3, 0.4) is 0 Å². The third kappa shape index (κ3) is 7.78. The summed E-state index contributed by atoms with van der Waals surface area (Å²) in [5.41, 5.74) is 2.34. The largest absolute Gasteiger partial charge is 0.466 e. The number of rotatable bonds is 10. The minimum atomic E-state index is -0.515. The predicted octanol–water partition coefficient (Wildman–Crippen LogP) is 4.57. The Morgan fingerprint density at radius 2 is 2.00 bits per heavy atom. The molecule has 0 aromatic carbocycles. The average Bonchev–Trinajstić information content (AvgIpc) is 3.41. The van der Waals surface area contributed by atoms with E-state index < -0.39 is 5.60 Å². The number of fused-ring (bicyclic) bond motifs is 1. The van der Waals surface area contributed by atoms with Crippen LogP contribution in [0.15, 0.2) is 18.5 Å². The van der Waals surface area contributed by atoms with Crippen molar-refractivity contribution >= 4 is 23.7 Å². The molecule has 0 radical (unpaired) electrons. The Morgan fingerprint density at radius 3 is 2.74 bits per heavy atom. The predicted molar refractivity (Wildman–Crippen MR) is 133 cm³/mol. The van der Waals surface area contributed by atoms with Gasteiger partial charge in [-0.15, -0.1) is 0 Å². The Morgan fingerprint density at radius 1 is 1.20 bits per heavy atom. The van der Waals surface area contributed by atoms with Crippen molar-refractivity contribution in [3.63, 3.8) is 0 Å². The smallest absolute Gasteiger partial charge is 0.407 e. The lowest BCUT2D eigenvalue weighted by molar-refractivity contribution is -0.144. The molecule has 3 rings (SSSR count). The van der Waals surface area contributed by atoms with Crippen molar-refractivity contribution in [2.24, 2.45) is 0 Å². The maximum Gasteiger partial charge on any atom is 0.407 e. The minimum Gasteiger partial charge on any atom is -0.466 e. The summed E-state index contributed by atoms with van der Waals surface area (Å²) in [6.45, 7) is 10.6. The summed E-state index contributed by atoms with van der Waals surface area (Å²) < 4.78 is 18.0. The van der Waals surface area contributed by atoms with Gasteiger partial charge in [0.05, 0.1) is 55.5 Å². The molecule has 1 N–H and O–H groups in total. The molecule has 35 heavy (non-hydrogen) atoms. The topological polar surface area (TPSA) is 104 Å². The van der Waals surface area contributed by atoms with Crippen molar-refractivity contribution in [3.8, 4) is 0 Å². The third-order valence-corrected chi connectivity index (χ3v) is 5.80. The molecule has 1 aliphatic rings. The quantitative estimate of drug-likeness (QED) is 0.387. The number of hydrogen-bond acceptors (Lipinski definition) is 7. The van der Waals surface area contributed by atoms with Crippen LogP contribution < -0.4 is 5.32 Å². The van der Waals surface area contributed by atoms with Crippen molar-refractivity contribution in [1.82, 2.24) is 19.7 Å². The van der Waals surface area contributed by atoms with Crippen molar-refractivity contribution < 1.29 is 23.8 Å². The molecule has 2 aromatic rings. The highest BCUT2D eigenvalue weighted by Gasteiger charge is 2.31. The second-order valence-corrected chi connectivity index (χ2v) is 9.82. The molecule has 0 unspecified atom stereocenters. The Kier molecular flexibility index (Phi) is 9.26. The molecular weight excluding hydrogens is 448 g/mol. The van der Waals surface area contributed by atoms with Crippen molar-refractivity contribution in [1.29, 1.82) is 0 Å². The highest BCUT2D eigenvalue weighted by molar-refractivity contribution is 5.69. The monoisotopic (exact) mass is 486 g/mol. The molecule has 2 aromatic heterocycles. The maximum atomic E-state index is 12.2. The molecule has 1 fully saturated rings. The summed E-state index contributed by atoms with van der Waals surface area (Å²) in [7, 11) is 0. The van der Waals surface area contributed by atoms with E-state index in [1.165, 1.54) is 0 Å². The van der Waals surface area contributed by atoms with E-state index in [0.29, 0.717) is 26.2 Å². The van der Waals surface area contributed by atoms with Crippen LogP contribution >= 0.6 is 0 Å². The van der Waals surface area contributed by atoms with Gasteiger partial charge in [0, 0.05) is 12.0 Å². The van der Waals surface area contributed by atoms with Gasteiger partial charge in [-0.05, 0) is 66.4 Å². The van der Waals surface area contributed by atoms with Crippen LogP contribution in [0.2, 0.25) is 0 Å². The van der Waals surface area contributed by atoms with Crippen LogP contribution in [0.4, 0.5) is 4.79 Å². The average molecular weight is 487 g/mol. The second kappa shape index (κ2) is 12.2. The van der Waals surface area contributed by atoms with Crippen LogP contribution in [0.25, 0.3) is 11.6 Å². The minimum absolute atomic E-state index is 0.0656. The molecule has 2 heterocycles. The number of esters is 1. The molecular formula is C26H38N4O5. The van der Waals surface area contributed by atoms with E-state index in [2.05, 4.69) is 14.7 Å². The van der Waals surface area contributed by atoms with Crippen LogP contribution in [-0.2, 0) is 19.0 Å². The molecule has 1 amide bonds. The standard InChI is InChI=1S/C26H38N4O5/c1-6-34-23(31)12-14-33-13-8-7-9-21-16-27-18(2)22-17-28-24(30(21)22)19-10-11-20(15-19)29-25(32)35-26(3,4)5/h7,9,16-17,19-20H,6,8,10-15H2,1-5H3,(H,29,32)/b9-7+/t19-,20-/m1/s1. The molecule has 2 atom stereocenters. The van der Waals surface area contributed by atoms with E-state index in [1.54, 1.807) is 6.92 Å². The van der Waals surface area contributed by atoms with Gasteiger partial charge in [-0.3, -0.25) is 14.2 Å². The van der Waals surface area contributed by atoms with E-state index >= 15 is 0 Å². The second-order valence-electron chi connectivity index (χ2n) is 9.82. The van der Waals surface area contributed by atoms with Crippen LogP contribution in [0.5, 0.6) is 0 Å². The van der Waals surface area contributed by atoms with Gasteiger partial charge in [-0.2, -0.15) is 0 Å². The fourth-order valence-electron chi connectivity index (χ4n) is 4.25. The van der Waals surface area contributed by atoms with Gasteiger partial charge in [0.15, 0.2) is 0 Å². The van der Waals surface area contributed by atoms with Crippen molar-refractivity contribution in [2.75, 3.05) is 19.8 Å². The van der Waals surface area contributed by atoms with Crippen LogP contribution in [0, 0.1) is 6.92 Å². The lowest BCUT2D eigenvalue weighted by Crippen LogP contribution is -2.37. The molecule has 1 aliphatic carbocycles. The first-order valence-electron chi connectivity index (χ1n) is 12.4. The third-order valence-electron chi connectivity index (χ3n) is 5.80. The molecule has 0 saturated heterocycles. The fraction of sp³-hybridized carbons (Fsp3) is 0.615. The number of aromatic nitrogens is 3. The molecule has 1 saturated carbocycles. The first kappa shape index (κ1) is 26.7. The number of imidazole rings is 1. The first-order valence-corrected chi connectivity index (χ1v) is 12.4. The highest BCUT2D eigenvalue weighted by Crippen LogP contribution is 2.35. The number of aryl methyl sites for hydroxylation is 1. The Balaban J connectivity index is 1.61. The van der Waals surface area contributed by atoms with E-state index in [0.717, 1.165) is 42.0 Å². The van der Waals surface area contributed by atoms with Gasteiger partial charge in [0.2, 0.25) is 0 Å². The zero-order chi connectivity index (χ0) is 25.4. The number of nitrogens with zero attached hydrogens (tertiary/aromatic N) is 3. The molecule has 192 valence electrons. The summed E-state index contributed by atoms with van der Waals surface area (Å²) in [4.78, 5) is 32.8. The number of alkyl carbamates (subject to hydrolysis) is 1. The van der Waals surface area contributed by atoms with E-state index in [9.17, 15) is 9.59 Å². The SMILES string of the molecule is CCOC(=O)CCOCC/C=C/c1cnc(C)c2cnc([C@@H]3CC[C@@H](NC(=O)OC(C)(C)C)C3)n12. The molecule has 9 heteroatoms. The van der Waals surface area contributed by atoms with E-state index in [-0.39, 0.29) is 30.4 Å². The normalized spacial score (nSPS) is 18.3. The highest BCUT2D eigenvalue weighted by atomic mass is 16.6. The molecule has 0 bridgehead atoms. The van der Waals surface area contributed by atoms with Gasteiger partial charge >= 0.3 is 12.1 Å². The first-order chi connectivity index (χ1) is 16.7. The molecule has 0 aliphatic heterocycles. The molecule has 0 spiro atoms. The number of ether oxygens (including phenoxy) is 3. The van der Waals surface area contributed by atoms with Gasteiger partial charge in [-0.25, -0.2) is 9.78 Å². The van der Waals surface area contributed by atoms with Gasteiger partial charge < -0.3 is 19.5 Å². The lowest BCUT2D eigenvalue weighted by atomic mass is 10.1. The number of carbonyl (C=O) groups excluding carboxylic acids is 2. The Hall–Kier alpha value is -2.94. The zero-order valence-electron chi connectivity index (χ0n) is 21.5. The van der Waals surface area contributed by atoms with E-state index in [1.807, 2.05) is 52.2 Å². The summed E-state index contributed by atoms with van der Waals surface area (Å²) in [6, 6.07) is 0.0656. The zero-order valence-corrected chi connectivity index (χ0v) is 21.5. The van der Waals surface area contributed by atoms with E-state index in [4.69, 9.17) is 19.2 Å². The van der Waals surface area contributed by atoms with Gasteiger partial charge in [0.25, 0.3) is 0 Å². The Bertz CT molecular complexity index is 1040. The van der Waals surface area contributed by atoms with Gasteiger partial charge in [0.1, 0.15) is 11.4 Å². The summed E-state index contributed by atoms with van der Waals surface area (Å²) in [5.74, 6) is 0.987. The maximum absolute atomic E-state index is 12.2. The number of hydrogen-bond donors (Lipinski definition) is 1. The summed E-state index contributed by atoms with van der Waals surface area (Å²) in [5, 5.41) is 3.01. The number of carbonyl (C=O) groups is 2. The summed E-state index contributed by atoms with van der Waals surface area (Å²) >= 11 is 0. The van der Waals surface area contributed by atoms with Crippen LogP contribution in [0.1, 0.15) is 82.9 Å². The summed E-state index contributed by atoms with van der Waals surface area (Å²) in [6.07, 6.45) is 11.1. The number of nitrogens with one attached hydrogen (secondary N) is 1. The number of amides is 1.